The van der Waals surface area contributed by atoms with Crippen LogP contribution in [0.2, 0.25) is 0 Å². The number of hydrogen-bond donors (Lipinski definition) is 2. The first-order valence-corrected chi connectivity index (χ1v) is 7.18. The summed E-state index contributed by atoms with van der Waals surface area (Å²) in [5, 5.41) is 17.2. The third-order valence-corrected chi connectivity index (χ3v) is 2.85. The first-order chi connectivity index (χ1) is 8.81. The second-order valence-corrected chi connectivity index (χ2v) is 4.60. The minimum atomic E-state index is -0.147. The summed E-state index contributed by atoms with van der Waals surface area (Å²) < 4.78 is 5.08. The molecule has 18 heavy (non-hydrogen) atoms. The van der Waals surface area contributed by atoms with E-state index in [1.165, 1.54) is 19.3 Å². The molecule has 0 heterocycles. The largest absolute Gasteiger partial charge is 0.466 e. The summed E-state index contributed by atoms with van der Waals surface area (Å²) >= 11 is 0. The van der Waals surface area contributed by atoms with E-state index in [0.717, 1.165) is 25.7 Å². The molecule has 4 heteroatoms. The molecule has 0 radical (unpaired) electrons. The summed E-state index contributed by atoms with van der Waals surface area (Å²) in [4.78, 5) is 11.2. The second kappa shape index (κ2) is 14.5. The molecule has 0 atom stereocenters. The third-order valence-electron chi connectivity index (χ3n) is 2.85. The van der Waals surface area contributed by atoms with E-state index in [1.807, 2.05) is 0 Å². The molecule has 0 fully saturated rings. The van der Waals surface area contributed by atoms with Gasteiger partial charge in [0, 0.05) is 19.6 Å². The molecule has 0 bridgehead atoms. The Balaban J connectivity index is 3.08. The monoisotopic (exact) mass is 260 g/mol. The van der Waals surface area contributed by atoms with Gasteiger partial charge >= 0.3 is 5.97 Å². The quantitative estimate of drug-likeness (QED) is 0.394. The number of carbonyl (C=O) groups excluding carboxylic acids is 1. The van der Waals surface area contributed by atoms with Gasteiger partial charge in [-0.3, -0.25) is 4.79 Å². The van der Waals surface area contributed by atoms with Crippen LogP contribution in [-0.2, 0) is 9.53 Å². The van der Waals surface area contributed by atoms with Crippen LogP contribution in [0, 0.1) is 0 Å². The van der Waals surface area contributed by atoms with Gasteiger partial charge in [-0.05, 0) is 25.7 Å². The summed E-state index contributed by atoms with van der Waals surface area (Å²) in [5.41, 5.74) is 0. The van der Waals surface area contributed by atoms with E-state index in [9.17, 15) is 4.79 Å². The molecule has 0 amide bonds. The summed E-state index contributed by atoms with van der Waals surface area (Å²) in [5.74, 6) is -0.147. The minimum Gasteiger partial charge on any atom is -0.466 e. The van der Waals surface area contributed by atoms with E-state index in [0.29, 0.717) is 32.5 Å². The lowest BCUT2D eigenvalue weighted by Gasteiger charge is -2.04. The summed E-state index contributed by atoms with van der Waals surface area (Å²) in [6.07, 6.45) is 9.40. The van der Waals surface area contributed by atoms with Crippen molar-refractivity contribution in [3.63, 3.8) is 0 Å². The number of aliphatic hydroxyl groups excluding tert-OH is 2. The molecule has 0 rings (SSSR count). The molecule has 108 valence electrons. The van der Waals surface area contributed by atoms with E-state index in [-0.39, 0.29) is 12.6 Å². The molecule has 0 aromatic heterocycles. The maximum atomic E-state index is 11.2. The number of aliphatic hydroxyl groups is 2. The highest BCUT2D eigenvalue weighted by atomic mass is 16.5. The number of esters is 1. The van der Waals surface area contributed by atoms with Gasteiger partial charge in [-0.25, -0.2) is 0 Å². The van der Waals surface area contributed by atoms with Crippen LogP contribution in [0.25, 0.3) is 0 Å². The van der Waals surface area contributed by atoms with Crippen molar-refractivity contribution in [3.05, 3.63) is 0 Å². The van der Waals surface area contributed by atoms with Crippen molar-refractivity contribution in [3.8, 4) is 0 Å². The maximum absolute atomic E-state index is 11.2. The van der Waals surface area contributed by atoms with Crippen LogP contribution in [0.4, 0.5) is 0 Å². The first kappa shape index (κ1) is 17.4. The molecule has 0 aromatic carbocycles. The lowest BCUT2D eigenvalue weighted by molar-refractivity contribution is -0.143. The molecular weight excluding hydrogens is 232 g/mol. The van der Waals surface area contributed by atoms with Crippen LogP contribution in [0.15, 0.2) is 0 Å². The lowest BCUT2D eigenvalue weighted by Crippen LogP contribution is -2.05. The average molecular weight is 260 g/mol. The van der Waals surface area contributed by atoms with Gasteiger partial charge in [0.2, 0.25) is 0 Å². The molecule has 0 aliphatic carbocycles. The van der Waals surface area contributed by atoms with Gasteiger partial charge in [0.15, 0.2) is 0 Å². The van der Waals surface area contributed by atoms with Crippen molar-refractivity contribution in [2.24, 2.45) is 0 Å². The minimum absolute atomic E-state index is 0.142. The van der Waals surface area contributed by atoms with Gasteiger partial charge in [-0.2, -0.15) is 0 Å². The Morgan fingerprint density at radius 3 is 1.83 bits per heavy atom. The molecular formula is C14H28O4. The topological polar surface area (TPSA) is 66.8 Å². The van der Waals surface area contributed by atoms with E-state index in [1.54, 1.807) is 0 Å². The standard InChI is InChI=1S/C14H28O4/c15-11-7-4-2-1-3-5-9-13-18-14(17)10-6-8-12-16/h15-16H,1-13H2. The number of unbranched alkanes of at least 4 members (excludes halogenated alkanes) is 7. The Hall–Kier alpha value is -0.610. The third kappa shape index (κ3) is 13.5. The van der Waals surface area contributed by atoms with Crippen molar-refractivity contribution in [1.29, 1.82) is 0 Å². The fourth-order valence-corrected chi connectivity index (χ4v) is 1.74. The van der Waals surface area contributed by atoms with Crippen molar-refractivity contribution in [1.82, 2.24) is 0 Å². The Morgan fingerprint density at radius 2 is 1.22 bits per heavy atom. The van der Waals surface area contributed by atoms with Crippen LogP contribution in [-0.4, -0.2) is 36.0 Å². The fraction of sp³-hybridized carbons (Fsp3) is 0.929. The molecule has 4 nitrogen and oxygen atoms in total. The van der Waals surface area contributed by atoms with E-state index in [4.69, 9.17) is 14.9 Å². The zero-order valence-electron chi connectivity index (χ0n) is 11.4. The summed E-state index contributed by atoms with van der Waals surface area (Å²) in [6.45, 7) is 0.963. The molecule has 0 aliphatic rings. The molecule has 0 aromatic rings. The van der Waals surface area contributed by atoms with Crippen LogP contribution in [0.1, 0.15) is 64.2 Å². The SMILES string of the molecule is O=C(CCCCO)OCCCCCCCCCO. The van der Waals surface area contributed by atoms with Gasteiger partial charge in [-0.15, -0.1) is 0 Å². The van der Waals surface area contributed by atoms with Crippen molar-refractivity contribution >= 4 is 5.97 Å². The summed E-state index contributed by atoms with van der Waals surface area (Å²) in [7, 11) is 0. The Morgan fingerprint density at radius 1 is 0.722 bits per heavy atom. The van der Waals surface area contributed by atoms with Gasteiger partial charge in [0.05, 0.1) is 6.61 Å². The molecule has 0 aliphatic heterocycles. The van der Waals surface area contributed by atoms with Gasteiger partial charge in [0.25, 0.3) is 0 Å². The van der Waals surface area contributed by atoms with Crippen LogP contribution in [0.5, 0.6) is 0 Å². The van der Waals surface area contributed by atoms with E-state index in [2.05, 4.69) is 0 Å². The normalized spacial score (nSPS) is 10.6. The smallest absolute Gasteiger partial charge is 0.305 e. The van der Waals surface area contributed by atoms with E-state index >= 15 is 0 Å². The van der Waals surface area contributed by atoms with Crippen molar-refractivity contribution in [2.75, 3.05) is 19.8 Å². The Bertz CT molecular complexity index is 183. The highest BCUT2D eigenvalue weighted by Crippen LogP contribution is 2.07. The van der Waals surface area contributed by atoms with Gasteiger partial charge in [0.1, 0.15) is 0 Å². The molecule has 0 saturated carbocycles. The van der Waals surface area contributed by atoms with Crippen LogP contribution >= 0.6 is 0 Å². The first-order valence-electron chi connectivity index (χ1n) is 7.18. The molecule has 0 spiro atoms. The number of ether oxygens (including phenoxy) is 1. The number of rotatable bonds is 13. The summed E-state index contributed by atoms with van der Waals surface area (Å²) in [6, 6.07) is 0. The predicted molar refractivity (Wildman–Crippen MR) is 71.3 cm³/mol. The average Bonchev–Trinajstić information content (AvgIpc) is 2.37. The number of hydrogen-bond acceptors (Lipinski definition) is 4. The Labute approximate surface area is 110 Å². The lowest BCUT2D eigenvalue weighted by atomic mass is 10.1. The second-order valence-electron chi connectivity index (χ2n) is 4.60. The van der Waals surface area contributed by atoms with E-state index < -0.39 is 0 Å². The maximum Gasteiger partial charge on any atom is 0.305 e. The highest BCUT2D eigenvalue weighted by molar-refractivity contribution is 5.69. The molecule has 0 unspecified atom stereocenters. The van der Waals surface area contributed by atoms with Crippen molar-refractivity contribution in [2.45, 2.75) is 64.2 Å². The molecule has 2 N–H and O–H groups in total. The zero-order valence-corrected chi connectivity index (χ0v) is 11.4. The zero-order chi connectivity index (χ0) is 13.5. The van der Waals surface area contributed by atoms with Gasteiger partial charge in [-0.1, -0.05) is 32.1 Å². The van der Waals surface area contributed by atoms with Crippen LogP contribution in [0.3, 0.4) is 0 Å². The number of carbonyl (C=O) groups is 1. The molecule has 0 saturated heterocycles. The predicted octanol–water partition coefficient (Wildman–Crippen LogP) is 2.42. The highest BCUT2D eigenvalue weighted by Gasteiger charge is 2.01. The van der Waals surface area contributed by atoms with Gasteiger partial charge < -0.3 is 14.9 Å². The Kier molecular flexibility index (Phi) is 14.0. The fourth-order valence-electron chi connectivity index (χ4n) is 1.74. The van der Waals surface area contributed by atoms with Crippen LogP contribution < -0.4 is 0 Å². The van der Waals surface area contributed by atoms with Crippen molar-refractivity contribution < 1.29 is 19.7 Å².